The van der Waals surface area contributed by atoms with Crippen LogP contribution >= 0.6 is 11.3 Å². The van der Waals surface area contributed by atoms with Crippen LogP contribution in [0.25, 0.3) is 0 Å². The van der Waals surface area contributed by atoms with Crippen molar-refractivity contribution in [1.82, 2.24) is 20.6 Å². The summed E-state index contributed by atoms with van der Waals surface area (Å²) in [6.45, 7) is 2.09. The van der Waals surface area contributed by atoms with Gasteiger partial charge >= 0.3 is 0 Å². The first kappa shape index (κ1) is 13.0. The van der Waals surface area contributed by atoms with Crippen molar-refractivity contribution < 1.29 is 0 Å². The van der Waals surface area contributed by atoms with E-state index in [1.54, 1.807) is 16.3 Å². The predicted molar refractivity (Wildman–Crippen MR) is 83.5 cm³/mol. The van der Waals surface area contributed by atoms with Gasteiger partial charge in [0, 0.05) is 41.5 Å². The topological polar surface area (TPSA) is 76.4 Å². The summed E-state index contributed by atoms with van der Waals surface area (Å²) < 4.78 is 0. The molecule has 4 rings (SSSR count). The second kappa shape index (κ2) is 5.23. The Morgan fingerprint density at radius 3 is 3.14 bits per heavy atom. The van der Waals surface area contributed by atoms with Crippen LogP contribution < -0.4 is 10.6 Å². The third-order valence-corrected chi connectivity index (χ3v) is 5.20. The Bertz CT molecular complexity index is 587. The quantitative estimate of drug-likeness (QED) is 0.770. The minimum absolute atomic E-state index is 0.0138. The molecule has 3 unspecified atom stereocenters. The van der Waals surface area contributed by atoms with E-state index >= 15 is 0 Å². The number of hydrazone groups is 1. The van der Waals surface area contributed by atoms with Gasteiger partial charge in [0.05, 0.1) is 11.4 Å². The lowest BCUT2D eigenvalue weighted by Crippen LogP contribution is -2.51. The SMILES string of the molecule is N=C1C=C(C2CCCNC2)NC2C(c3cncs3)C=NN12. The average molecular weight is 302 g/mol. The standard InChI is InChI=1S/C14H18N6S/c15-13-4-11(9-2-1-3-16-5-9)19-14-10(6-18-20(13)14)12-7-17-8-21-12/h4,6-10,14-16,19H,1-3,5H2. The van der Waals surface area contributed by atoms with Crippen molar-refractivity contribution in [3.05, 3.63) is 28.4 Å². The summed E-state index contributed by atoms with van der Waals surface area (Å²) in [6.07, 6.45) is 8.14. The molecule has 1 aromatic heterocycles. The van der Waals surface area contributed by atoms with E-state index in [0.717, 1.165) is 13.1 Å². The van der Waals surface area contributed by atoms with Crippen LogP contribution in [0, 0.1) is 11.3 Å². The van der Waals surface area contributed by atoms with Gasteiger partial charge in [0.25, 0.3) is 0 Å². The highest BCUT2D eigenvalue weighted by Crippen LogP contribution is 2.32. The number of fused-ring (bicyclic) bond motifs is 1. The number of nitrogens with zero attached hydrogens (tertiary/aromatic N) is 3. The number of aromatic nitrogens is 1. The summed E-state index contributed by atoms with van der Waals surface area (Å²) in [5.41, 5.74) is 3.02. The highest BCUT2D eigenvalue weighted by Gasteiger charge is 2.39. The summed E-state index contributed by atoms with van der Waals surface area (Å²) in [6, 6.07) is 0. The maximum atomic E-state index is 8.24. The molecule has 1 saturated heterocycles. The zero-order chi connectivity index (χ0) is 14.2. The minimum Gasteiger partial charge on any atom is -0.366 e. The molecule has 7 heteroatoms. The molecule has 0 saturated carbocycles. The van der Waals surface area contributed by atoms with Crippen molar-refractivity contribution in [2.45, 2.75) is 24.9 Å². The van der Waals surface area contributed by atoms with E-state index in [-0.39, 0.29) is 12.1 Å². The molecular weight excluding hydrogens is 284 g/mol. The van der Waals surface area contributed by atoms with Crippen LogP contribution in [-0.2, 0) is 0 Å². The zero-order valence-electron chi connectivity index (χ0n) is 11.6. The Balaban J connectivity index is 1.58. The van der Waals surface area contributed by atoms with E-state index in [9.17, 15) is 0 Å². The highest BCUT2D eigenvalue weighted by atomic mass is 32.1. The van der Waals surface area contributed by atoms with Gasteiger partial charge in [-0.3, -0.25) is 10.4 Å². The molecule has 0 spiro atoms. The molecule has 21 heavy (non-hydrogen) atoms. The van der Waals surface area contributed by atoms with Crippen LogP contribution in [0.15, 0.2) is 28.6 Å². The van der Waals surface area contributed by atoms with E-state index in [0.29, 0.717) is 11.8 Å². The monoisotopic (exact) mass is 302 g/mol. The Morgan fingerprint density at radius 1 is 1.43 bits per heavy atom. The Morgan fingerprint density at radius 2 is 2.38 bits per heavy atom. The van der Waals surface area contributed by atoms with Gasteiger partial charge in [-0.05, 0) is 19.4 Å². The van der Waals surface area contributed by atoms with Gasteiger partial charge in [0.1, 0.15) is 12.0 Å². The summed E-state index contributed by atoms with van der Waals surface area (Å²) in [4.78, 5) is 5.35. The number of hydrogen-bond donors (Lipinski definition) is 3. The lowest BCUT2D eigenvalue weighted by atomic mass is 9.93. The van der Waals surface area contributed by atoms with Crippen molar-refractivity contribution in [3.63, 3.8) is 0 Å². The summed E-state index contributed by atoms with van der Waals surface area (Å²) in [7, 11) is 0. The molecule has 3 aliphatic heterocycles. The van der Waals surface area contributed by atoms with Gasteiger partial charge < -0.3 is 10.6 Å². The van der Waals surface area contributed by atoms with Crippen LogP contribution in [-0.4, -0.2) is 41.3 Å². The first-order valence-corrected chi connectivity index (χ1v) is 8.20. The van der Waals surface area contributed by atoms with E-state index in [1.165, 1.54) is 23.4 Å². The number of nitrogens with one attached hydrogen (secondary N) is 3. The molecule has 3 atom stereocenters. The fourth-order valence-electron chi connectivity index (χ4n) is 3.21. The van der Waals surface area contributed by atoms with Crippen LogP contribution in [0.3, 0.4) is 0 Å². The molecule has 0 amide bonds. The molecule has 0 radical (unpaired) electrons. The third kappa shape index (κ3) is 2.26. The van der Waals surface area contributed by atoms with Crippen LogP contribution in [0.4, 0.5) is 0 Å². The predicted octanol–water partition coefficient (Wildman–Crippen LogP) is 1.32. The molecule has 1 aromatic rings. The lowest BCUT2D eigenvalue weighted by molar-refractivity contribution is 0.275. The van der Waals surface area contributed by atoms with Gasteiger partial charge in [-0.25, -0.2) is 5.01 Å². The van der Waals surface area contributed by atoms with Crippen LogP contribution in [0.2, 0.25) is 0 Å². The zero-order valence-corrected chi connectivity index (χ0v) is 12.4. The van der Waals surface area contributed by atoms with Crippen molar-refractivity contribution in [1.29, 1.82) is 5.41 Å². The maximum absolute atomic E-state index is 8.24. The molecule has 0 aliphatic carbocycles. The van der Waals surface area contributed by atoms with Gasteiger partial charge in [-0.2, -0.15) is 5.10 Å². The van der Waals surface area contributed by atoms with E-state index in [1.807, 2.05) is 24.0 Å². The number of piperidine rings is 1. The van der Waals surface area contributed by atoms with Crippen molar-refractivity contribution in [2.75, 3.05) is 13.1 Å². The van der Waals surface area contributed by atoms with Crippen LogP contribution in [0.1, 0.15) is 23.6 Å². The molecule has 0 bridgehead atoms. The fraction of sp³-hybridized carbons (Fsp3) is 0.500. The number of rotatable bonds is 2. The normalized spacial score (nSPS) is 31.8. The Labute approximate surface area is 127 Å². The maximum Gasteiger partial charge on any atom is 0.145 e. The molecule has 6 nitrogen and oxygen atoms in total. The van der Waals surface area contributed by atoms with Gasteiger partial charge in [0.2, 0.25) is 0 Å². The van der Waals surface area contributed by atoms with Crippen molar-refractivity contribution in [2.24, 2.45) is 11.0 Å². The molecule has 110 valence electrons. The second-order valence-electron chi connectivity index (χ2n) is 5.66. The lowest BCUT2D eigenvalue weighted by Gasteiger charge is -2.37. The van der Waals surface area contributed by atoms with Gasteiger partial charge in [0.15, 0.2) is 0 Å². The number of thiazole rings is 1. The first-order chi connectivity index (χ1) is 10.3. The third-order valence-electron chi connectivity index (χ3n) is 4.33. The largest absolute Gasteiger partial charge is 0.366 e. The van der Waals surface area contributed by atoms with Crippen LogP contribution in [0.5, 0.6) is 0 Å². The molecule has 3 N–H and O–H groups in total. The van der Waals surface area contributed by atoms with Gasteiger partial charge in [-0.1, -0.05) is 0 Å². The van der Waals surface area contributed by atoms with E-state index < -0.39 is 0 Å². The first-order valence-electron chi connectivity index (χ1n) is 7.32. The van der Waals surface area contributed by atoms with Crippen molar-refractivity contribution >= 4 is 23.4 Å². The average Bonchev–Trinajstić information content (AvgIpc) is 3.16. The Kier molecular flexibility index (Phi) is 3.23. The molecule has 3 aliphatic rings. The Hall–Kier alpha value is -1.73. The molecule has 4 heterocycles. The smallest absolute Gasteiger partial charge is 0.145 e. The highest BCUT2D eigenvalue weighted by molar-refractivity contribution is 7.09. The molecule has 1 fully saturated rings. The summed E-state index contributed by atoms with van der Waals surface area (Å²) >= 11 is 1.64. The molecular formula is C14H18N6S. The minimum atomic E-state index is 0.0138. The fourth-order valence-corrected chi connectivity index (χ4v) is 3.92. The van der Waals surface area contributed by atoms with Crippen molar-refractivity contribution in [3.8, 4) is 0 Å². The van der Waals surface area contributed by atoms with E-state index in [4.69, 9.17) is 5.41 Å². The molecule has 0 aromatic carbocycles. The number of amidine groups is 1. The van der Waals surface area contributed by atoms with E-state index in [2.05, 4.69) is 20.7 Å². The summed E-state index contributed by atoms with van der Waals surface area (Å²) in [5, 5.41) is 21.5. The second-order valence-corrected chi connectivity index (χ2v) is 6.57. The summed E-state index contributed by atoms with van der Waals surface area (Å²) in [5.74, 6) is 1.12. The van der Waals surface area contributed by atoms with Gasteiger partial charge in [-0.15, -0.1) is 11.3 Å². The number of hydrogen-bond acceptors (Lipinski definition) is 6.